The first-order chi connectivity index (χ1) is 11.7. The number of fused-ring (bicyclic) bond motifs is 1. The number of rotatable bonds is 6. The summed E-state index contributed by atoms with van der Waals surface area (Å²) in [6, 6.07) is 13.5. The molecule has 5 heteroatoms. The zero-order chi connectivity index (χ0) is 16.8. The van der Waals surface area contributed by atoms with Crippen LogP contribution in [0.25, 0.3) is 0 Å². The normalized spacial score (nSPS) is 12.7. The molecule has 0 radical (unpaired) electrons. The summed E-state index contributed by atoms with van der Waals surface area (Å²) in [5.41, 5.74) is 8.75. The van der Waals surface area contributed by atoms with E-state index in [1.165, 1.54) is 0 Å². The van der Waals surface area contributed by atoms with Gasteiger partial charge in [0.15, 0.2) is 11.5 Å². The molecule has 3 N–H and O–H groups in total. The standard InChI is InChI=1S/C19H22N2O3/c20-16-4-2-1-3-15(16)6-8-19(22)21-10-9-14-5-7-17-18(13-14)24-12-11-23-17/h1-5,7,13H,6,8-12,20H2,(H,21,22). The molecular formula is C19H22N2O3. The van der Waals surface area contributed by atoms with Gasteiger partial charge in [0.2, 0.25) is 5.91 Å². The minimum atomic E-state index is 0.0378. The molecule has 1 aliphatic rings. The summed E-state index contributed by atoms with van der Waals surface area (Å²) in [7, 11) is 0. The Kier molecular flexibility index (Phi) is 5.21. The Hall–Kier alpha value is -2.69. The van der Waals surface area contributed by atoms with Gasteiger partial charge in [-0.25, -0.2) is 0 Å². The zero-order valence-corrected chi connectivity index (χ0v) is 13.6. The van der Waals surface area contributed by atoms with Crippen LogP contribution in [0.5, 0.6) is 11.5 Å². The number of amides is 1. The second-order valence-corrected chi connectivity index (χ2v) is 5.78. The van der Waals surface area contributed by atoms with E-state index in [1.807, 2.05) is 42.5 Å². The monoisotopic (exact) mass is 326 g/mol. The lowest BCUT2D eigenvalue weighted by Gasteiger charge is -2.18. The third kappa shape index (κ3) is 4.19. The molecule has 0 saturated heterocycles. The topological polar surface area (TPSA) is 73.6 Å². The Bertz CT molecular complexity index is 716. The van der Waals surface area contributed by atoms with Crippen molar-refractivity contribution in [1.29, 1.82) is 0 Å². The number of hydrogen-bond acceptors (Lipinski definition) is 4. The number of ether oxygens (including phenoxy) is 2. The third-order valence-corrected chi connectivity index (χ3v) is 4.02. The molecule has 0 aromatic heterocycles. The van der Waals surface area contributed by atoms with Crippen molar-refractivity contribution in [3.63, 3.8) is 0 Å². The number of aryl methyl sites for hydroxylation is 1. The lowest BCUT2D eigenvalue weighted by Crippen LogP contribution is -2.26. The summed E-state index contributed by atoms with van der Waals surface area (Å²) in [4.78, 5) is 12.0. The van der Waals surface area contributed by atoms with Gasteiger partial charge in [0, 0.05) is 18.7 Å². The van der Waals surface area contributed by atoms with Crippen LogP contribution in [0.2, 0.25) is 0 Å². The van der Waals surface area contributed by atoms with Crippen molar-refractivity contribution >= 4 is 11.6 Å². The van der Waals surface area contributed by atoms with Crippen LogP contribution in [0.3, 0.4) is 0 Å². The van der Waals surface area contributed by atoms with Gasteiger partial charge >= 0.3 is 0 Å². The third-order valence-electron chi connectivity index (χ3n) is 4.02. The van der Waals surface area contributed by atoms with E-state index in [1.54, 1.807) is 0 Å². The van der Waals surface area contributed by atoms with E-state index in [9.17, 15) is 4.79 Å². The molecule has 0 bridgehead atoms. The van der Waals surface area contributed by atoms with Crippen LogP contribution in [0, 0.1) is 0 Å². The molecule has 0 fully saturated rings. The number of nitrogens with one attached hydrogen (secondary N) is 1. The Morgan fingerprint density at radius 1 is 1.04 bits per heavy atom. The summed E-state index contributed by atoms with van der Waals surface area (Å²) in [6.45, 7) is 1.77. The van der Waals surface area contributed by atoms with Crippen LogP contribution >= 0.6 is 0 Å². The number of carbonyl (C=O) groups excluding carboxylic acids is 1. The van der Waals surface area contributed by atoms with Crippen molar-refractivity contribution in [3.8, 4) is 11.5 Å². The molecule has 0 saturated carbocycles. The van der Waals surface area contributed by atoms with Crippen LogP contribution in [0.1, 0.15) is 17.5 Å². The molecule has 0 atom stereocenters. The number of anilines is 1. The van der Waals surface area contributed by atoms with Gasteiger partial charge in [-0.3, -0.25) is 4.79 Å². The predicted molar refractivity (Wildman–Crippen MR) is 93.3 cm³/mol. The molecule has 5 nitrogen and oxygen atoms in total. The molecule has 2 aromatic carbocycles. The molecule has 1 aliphatic heterocycles. The van der Waals surface area contributed by atoms with E-state index in [0.29, 0.717) is 32.6 Å². The maximum atomic E-state index is 12.0. The number of para-hydroxylation sites is 1. The van der Waals surface area contributed by atoms with Crippen molar-refractivity contribution in [2.24, 2.45) is 0 Å². The van der Waals surface area contributed by atoms with Gasteiger partial charge in [0.25, 0.3) is 0 Å². The smallest absolute Gasteiger partial charge is 0.220 e. The molecule has 24 heavy (non-hydrogen) atoms. The van der Waals surface area contributed by atoms with Gasteiger partial charge in [0.05, 0.1) is 0 Å². The van der Waals surface area contributed by atoms with E-state index < -0.39 is 0 Å². The van der Waals surface area contributed by atoms with Crippen LogP contribution < -0.4 is 20.5 Å². The van der Waals surface area contributed by atoms with Gasteiger partial charge in [-0.2, -0.15) is 0 Å². The highest BCUT2D eigenvalue weighted by molar-refractivity contribution is 5.76. The quantitative estimate of drug-likeness (QED) is 0.799. The maximum absolute atomic E-state index is 12.0. The molecule has 1 amide bonds. The van der Waals surface area contributed by atoms with Crippen LogP contribution in [0.15, 0.2) is 42.5 Å². The van der Waals surface area contributed by atoms with Gasteiger partial charge in [0.1, 0.15) is 13.2 Å². The molecule has 1 heterocycles. The van der Waals surface area contributed by atoms with E-state index in [-0.39, 0.29) is 5.91 Å². The van der Waals surface area contributed by atoms with Crippen molar-refractivity contribution in [3.05, 3.63) is 53.6 Å². The lowest BCUT2D eigenvalue weighted by molar-refractivity contribution is -0.121. The van der Waals surface area contributed by atoms with Crippen LogP contribution in [-0.2, 0) is 17.6 Å². The SMILES string of the molecule is Nc1ccccc1CCC(=O)NCCc1ccc2c(c1)OCCO2. The van der Waals surface area contributed by atoms with Gasteiger partial charge < -0.3 is 20.5 Å². The van der Waals surface area contributed by atoms with E-state index in [0.717, 1.165) is 34.7 Å². The van der Waals surface area contributed by atoms with Crippen molar-refractivity contribution in [1.82, 2.24) is 5.32 Å². The summed E-state index contributed by atoms with van der Waals surface area (Å²) in [6.07, 6.45) is 1.85. The number of nitrogens with two attached hydrogens (primary N) is 1. The fourth-order valence-corrected chi connectivity index (χ4v) is 2.69. The lowest BCUT2D eigenvalue weighted by atomic mass is 10.1. The second kappa shape index (κ2) is 7.73. The Labute approximate surface area is 141 Å². The minimum absolute atomic E-state index is 0.0378. The summed E-state index contributed by atoms with van der Waals surface area (Å²) >= 11 is 0. The Morgan fingerprint density at radius 2 is 1.83 bits per heavy atom. The number of nitrogen functional groups attached to an aromatic ring is 1. The zero-order valence-electron chi connectivity index (χ0n) is 13.6. The van der Waals surface area contributed by atoms with E-state index >= 15 is 0 Å². The summed E-state index contributed by atoms with van der Waals surface area (Å²) < 4.78 is 11.1. The van der Waals surface area contributed by atoms with Crippen molar-refractivity contribution in [2.75, 3.05) is 25.5 Å². The van der Waals surface area contributed by atoms with Crippen molar-refractivity contribution < 1.29 is 14.3 Å². The van der Waals surface area contributed by atoms with Gasteiger partial charge in [-0.05, 0) is 42.2 Å². The average molecular weight is 326 g/mol. The van der Waals surface area contributed by atoms with Crippen LogP contribution in [-0.4, -0.2) is 25.7 Å². The molecular weight excluding hydrogens is 304 g/mol. The molecule has 126 valence electrons. The van der Waals surface area contributed by atoms with Crippen LogP contribution in [0.4, 0.5) is 5.69 Å². The van der Waals surface area contributed by atoms with E-state index in [2.05, 4.69) is 5.32 Å². The van der Waals surface area contributed by atoms with Crippen molar-refractivity contribution in [2.45, 2.75) is 19.3 Å². The fourth-order valence-electron chi connectivity index (χ4n) is 2.69. The van der Waals surface area contributed by atoms with Gasteiger partial charge in [-0.15, -0.1) is 0 Å². The first-order valence-corrected chi connectivity index (χ1v) is 8.21. The number of benzene rings is 2. The highest BCUT2D eigenvalue weighted by atomic mass is 16.6. The second-order valence-electron chi connectivity index (χ2n) is 5.78. The minimum Gasteiger partial charge on any atom is -0.486 e. The maximum Gasteiger partial charge on any atom is 0.220 e. The fraction of sp³-hybridized carbons (Fsp3) is 0.316. The first kappa shape index (κ1) is 16.2. The number of hydrogen-bond donors (Lipinski definition) is 2. The largest absolute Gasteiger partial charge is 0.486 e. The first-order valence-electron chi connectivity index (χ1n) is 8.21. The highest BCUT2D eigenvalue weighted by Crippen LogP contribution is 2.30. The summed E-state index contributed by atoms with van der Waals surface area (Å²) in [5.74, 6) is 1.61. The highest BCUT2D eigenvalue weighted by Gasteiger charge is 2.11. The summed E-state index contributed by atoms with van der Waals surface area (Å²) in [5, 5.41) is 2.95. The average Bonchev–Trinajstić information content (AvgIpc) is 2.61. The molecule has 2 aromatic rings. The molecule has 0 unspecified atom stereocenters. The van der Waals surface area contributed by atoms with Gasteiger partial charge in [-0.1, -0.05) is 24.3 Å². The predicted octanol–water partition coefficient (Wildman–Crippen LogP) is 2.33. The number of carbonyl (C=O) groups is 1. The van der Waals surface area contributed by atoms with E-state index in [4.69, 9.17) is 15.2 Å². The molecule has 3 rings (SSSR count). The molecule has 0 aliphatic carbocycles. The molecule has 0 spiro atoms. The Morgan fingerprint density at radius 3 is 2.67 bits per heavy atom. The Balaban J connectivity index is 1.43.